The normalized spacial score (nSPS) is 18.1. The molecule has 0 aromatic carbocycles. The lowest BCUT2D eigenvalue weighted by molar-refractivity contribution is 0.00210. The molecular formula is C17H22N4O2. The molecule has 6 heteroatoms. The Morgan fingerprint density at radius 1 is 1.43 bits per heavy atom. The molecule has 1 fully saturated rings. The SMILES string of the molecule is CCCO[C@@H]1CCCN(C(=O)c2ccc(-n3cccn3)nc2)C1. The van der Waals surface area contributed by atoms with Gasteiger partial charge in [-0.05, 0) is 37.5 Å². The van der Waals surface area contributed by atoms with Gasteiger partial charge < -0.3 is 9.64 Å². The van der Waals surface area contributed by atoms with E-state index in [9.17, 15) is 4.79 Å². The van der Waals surface area contributed by atoms with Gasteiger partial charge in [0, 0.05) is 38.3 Å². The number of rotatable bonds is 5. The van der Waals surface area contributed by atoms with Crippen LogP contribution in [-0.4, -0.2) is 51.4 Å². The summed E-state index contributed by atoms with van der Waals surface area (Å²) in [6.07, 6.45) is 8.32. The largest absolute Gasteiger partial charge is 0.376 e. The Balaban J connectivity index is 1.65. The molecule has 0 bridgehead atoms. The summed E-state index contributed by atoms with van der Waals surface area (Å²) >= 11 is 0. The van der Waals surface area contributed by atoms with Crippen LogP contribution in [0.4, 0.5) is 0 Å². The highest BCUT2D eigenvalue weighted by atomic mass is 16.5. The Morgan fingerprint density at radius 3 is 3.04 bits per heavy atom. The first-order valence-corrected chi connectivity index (χ1v) is 8.15. The van der Waals surface area contributed by atoms with Crippen LogP contribution in [0.2, 0.25) is 0 Å². The van der Waals surface area contributed by atoms with E-state index in [1.54, 1.807) is 17.1 Å². The van der Waals surface area contributed by atoms with E-state index in [1.165, 1.54) is 0 Å². The Hall–Kier alpha value is -2.21. The number of piperidine rings is 1. The number of amides is 1. The maximum Gasteiger partial charge on any atom is 0.255 e. The van der Waals surface area contributed by atoms with Gasteiger partial charge in [-0.3, -0.25) is 4.79 Å². The molecule has 0 N–H and O–H groups in total. The zero-order valence-corrected chi connectivity index (χ0v) is 13.4. The highest BCUT2D eigenvalue weighted by Crippen LogP contribution is 2.16. The number of carbonyl (C=O) groups is 1. The average molecular weight is 314 g/mol. The molecule has 1 atom stereocenters. The van der Waals surface area contributed by atoms with Gasteiger partial charge >= 0.3 is 0 Å². The van der Waals surface area contributed by atoms with Crippen LogP contribution in [0.3, 0.4) is 0 Å². The fraction of sp³-hybridized carbons (Fsp3) is 0.471. The molecule has 3 rings (SSSR count). The van der Waals surface area contributed by atoms with Crippen LogP contribution in [-0.2, 0) is 4.74 Å². The topological polar surface area (TPSA) is 60.2 Å². The summed E-state index contributed by atoms with van der Waals surface area (Å²) in [6, 6.07) is 5.46. The van der Waals surface area contributed by atoms with Crippen LogP contribution in [0.25, 0.3) is 5.82 Å². The van der Waals surface area contributed by atoms with Crippen LogP contribution < -0.4 is 0 Å². The van der Waals surface area contributed by atoms with Crippen molar-refractivity contribution in [2.75, 3.05) is 19.7 Å². The fourth-order valence-corrected chi connectivity index (χ4v) is 2.78. The van der Waals surface area contributed by atoms with Crippen molar-refractivity contribution in [3.63, 3.8) is 0 Å². The van der Waals surface area contributed by atoms with Gasteiger partial charge in [0.15, 0.2) is 5.82 Å². The molecule has 0 radical (unpaired) electrons. The number of ether oxygens (including phenoxy) is 1. The number of nitrogens with zero attached hydrogens (tertiary/aromatic N) is 4. The molecule has 2 aromatic rings. The van der Waals surface area contributed by atoms with Crippen molar-refractivity contribution in [3.8, 4) is 5.82 Å². The Morgan fingerprint density at radius 2 is 2.35 bits per heavy atom. The van der Waals surface area contributed by atoms with Gasteiger partial charge in [-0.2, -0.15) is 5.10 Å². The third kappa shape index (κ3) is 3.76. The molecule has 122 valence electrons. The maximum absolute atomic E-state index is 12.6. The minimum atomic E-state index is 0.0225. The molecule has 1 amide bonds. The molecule has 1 aliphatic rings. The van der Waals surface area contributed by atoms with Crippen molar-refractivity contribution >= 4 is 5.91 Å². The van der Waals surface area contributed by atoms with Gasteiger partial charge in [0.05, 0.1) is 11.7 Å². The van der Waals surface area contributed by atoms with Crippen LogP contribution in [0.15, 0.2) is 36.8 Å². The number of carbonyl (C=O) groups excluding carboxylic acids is 1. The molecular weight excluding hydrogens is 292 g/mol. The van der Waals surface area contributed by atoms with Crippen molar-refractivity contribution in [2.24, 2.45) is 0 Å². The molecule has 23 heavy (non-hydrogen) atoms. The van der Waals surface area contributed by atoms with Gasteiger partial charge in [0.1, 0.15) is 0 Å². The van der Waals surface area contributed by atoms with Crippen LogP contribution >= 0.6 is 0 Å². The molecule has 6 nitrogen and oxygen atoms in total. The maximum atomic E-state index is 12.6. The Bertz CT molecular complexity index is 625. The van der Waals surface area contributed by atoms with E-state index in [2.05, 4.69) is 17.0 Å². The molecule has 1 saturated heterocycles. The number of pyridine rings is 1. The highest BCUT2D eigenvalue weighted by molar-refractivity contribution is 5.94. The van der Waals surface area contributed by atoms with E-state index in [0.29, 0.717) is 17.9 Å². The zero-order chi connectivity index (χ0) is 16.1. The number of likely N-dealkylation sites (tertiary alicyclic amines) is 1. The monoisotopic (exact) mass is 314 g/mol. The van der Waals surface area contributed by atoms with Crippen molar-refractivity contribution < 1.29 is 9.53 Å². The Labute approximate surface area is 136 Å². The molecule has 0 aliphatic carbocycles. The summed E-state index contributed by atoms with van der Waals surface area (Å²) in [5.74, 6) is 0.726. The summed E-state index contributed by atoms with van der Waals surface area (Å²) in [4.78, 5) is 18.8. The second kappa shape index (κ2) is 7.37. The minimum absolute atomic E-state index is 0.0225. The molecule has 0 saturated carbocycles. The predicted octanol–water partition coefficient (Wildman–Crippen LogP) is 2.30. The van der Waals surface area contributed by atoms with Gasteiger partial charge in [-0.15, -0.1) is 0 Å². The fourth-order valence-electron chi connectivity index (χ4n) is 2.78. The van der Waals surface area contributed by atoms with Crippen molar-refractivity contribution in [1.29, 1.82) is 0 Å². The zero-order valence-electron chi connectivity index (χ0n) is 13.4. The van der Waals surface area contributed by atoms with E-state index in [4.69, 9.17) is 4.74 Å². The number of hydrogen-bond acceptors (Lipinski definition) is 4. The molecule has 3 heterocycles. The first-order valence-electron chi connectivity index (χ1n) is 8.15. The van der Waals surface area contributed by atoms with E-state index in [-0.39, 0.29) is 12.0 Å². The smallest absolute Gasteiger partial charge is 0.255 e. The van der Waals surface area contributed by atoms with Crippen LogP contribution in [0.1, 0.15) is 36.5 Å². The van der Waals surface area contributed by atoms with Crippen molar-refractivity contribution in [2.45, 2.75) is 32.3 Å². The molecule has 1 aliphatic heterocycles. The van der Waals surface area contributed by atoms with Gasteiger partial charge in [-0.25, -0.2) is 9.67 Å². The van der Waals surface area contributed by atoms with Gasteiger partial charge in [0.2, 0.25) is 0 Å². The third-order valence-corrected chi connectivity index (χ3v) is 3.96. The lowest BCUT2D eigenvalue weighted by Gasteiger charge is -2.32. The van der Waals surface area contributed by atoms with E-state index in [0.717, 1.165) is 32.4 Å². The third-order valence-electron chi connectivity index (χ3n) is 3.96. The second-order valence-corrected chi connectivity index (χ2v) is 5.74. The lowest BCUT2D eigenvalue weighted by Crippen LogP contribution is -2.43. The summed E-state index contributed by atoms with van der Waals surface area (Å²) < 4.78 is 7.47. The first-order chi connectivity index (χ1) is 11.3. The van der Waals surface area contributed by atoms with E-state index < -0.39 is 0 Å². The van der Waals surface area contributed by atoms with Gasteiger partial charge in [-0.1, -0.05) is 6.92 Å². The standard InChI is InChI=1S/C17H22N4O2/c1-2-11-23-15-5-3-9-20(13-15)17(22)14-6-7-16(18-12-14)21-10-4-8-19-21/h4,6-8,10,12,15H,2-3,5,9,11,13H2,1H3/t15-/m1/s1. The first kappa shape index (κ1) is 15.7. The Kier molecular flexibility index (Phi) is 5.02. The van der Waals surface area contributed by atoms with E-state index in [1.807, 2.05) is 29.3 Å². The van der Waals surface area contributed by atoms with Crippen molar-refractivity contribution in [3.05, 3.63) is 42.4 Å². The van der Waals surface area contributed by atoms with Crippen LogP contribution in [0.5, 0.6) is 0 Å². The lowest BCUT2D eigenvalue weighted by atomic mass is 10.1. The van der Waals surface area contributed by atoms with E-state index >= 15 is 0 Å². The second-order valence-electron chi connectivity index (χ2n) is 5.74. The predicted molar refractivity (Wildman–Crippen MR) is 86.5 cm³/mol. The minimum Gasteiger partial charge on any atom is -0.376 e. The molecule has 2 aromatic heterocycles. The summed E-state index contributed by atoms with van der Waals surface area (Å²) in [5, 5.41) is 4.13. The van der Waals surface area contributed by atoms with Gasteiger partial charge in [0.25, 0.3) is 5.91 Å². The molecule has 0 spiro atoms. The van der Waals surface area contributed by atoms with Crippen molar-refractivity contribution in [1.82, 2.24) is 19.7 Å². The number of hydrogen-bond donors (Lipinski definition) is 0. The number of aromatic nitrogens is 3. The highest BCUT2D eigenvalue weighted by Gasteiger charge is 2.25. The summed E-state index contributed by atoms with van der Waals surface area (Å²) in [6.45, 7) is 4.30. The average Bonchev–Trinajstić information content (AvgIpc) is 3.14. The summed E-state index contributed by atoms with van der Waals surface area (Å²) in [5.41, 5.74) is 0.608. The molecule has 0 unspecified atom stereocenters. The van der Waals surface area contributed by atoms with Crippen LogP contribution in [0, 0.1) is 0 Å². The quantitative estimate of drug-likeness (QED) is 0.849. The summed E-state index contributed by atoms with van der Waals surface area (Å²) in [7, 11) is 0.